The van der Waals surface area contributed by atoms with Gasteiger partial charge in [0.2, 0.25) is 0 Å². The van der Waals surface area contributed by atoms with Crippen LogP contribution in [0.3, 0.4) is 0 Å². The van der Waals surface area contributed by atoms with Gasteiger partial charge >= 0.3 is 6.09 Å². The highest BCUT2D eigenvalue weighted by atomic mass is 16.8. The van der Waals surface area contributed by atoms with Gasteiger partial charge in [-0.2, -0.15) is 0 Å². The summed E-state index contributed by atoms with van der Waals surface area (Å²) in [5.74, 6) is -0.794. The van der Waals surface area contributed by atoms with Gasteiger partial charge in [-0.25, -0.2) is 14.8 Å². The van der Waals surface area contributed by atoms with E-state index in [1.807, 2.05) is 51.1 Å². The van der Waals surface area contributed by atoms with Crippen molar-refractivity contribution >= 4 is 22.9 Å². The summed E-state index contributed by atoms with van der Waals surface area (Å²) >= 11 is 0. The van der Waals surface area contributed by atoms with Crippen LogP contribution in [0.5, 0.6) is 0 Å². The summed E-state index contributed by atoms with van der Waals surface area (Å²) in [6, 6.07) is 9.21. The van der Waals surface area contributed by atoms with Crippen molar-refractivity contribution in [3.63, 3.8) is 0 Å². The van der Waals surface area contributed by atoms with Crippen molar-refractivity contribution in [2.45, 2.75) is 103 Å². The van der Waals surface area contributed by atoms with E-state index in [9.17, 15) is 9.90 Å². The lowest BCUT2D eigenvalue weighted by molar-refractivity contribution is -0.158. The summed E-state index contributed by atoms with van der Waals surface area (Å²) in [7, 11) is 0. The Morgan fingerprint density at radius 1 is 1.17 bits per heavy atom. The third kappa shape index (κ3) is 6.09. The van der Waals surface area contributed by atoms with E-state index < -0.39 is 47.6 Å². The highest BCUT2D eigenvalue weighted by Gasteiger charge is 2.57. The Morgan fingerprint density at radius 2 is 1.88 bits per heavy atom. The normalized spacial score (nSPS) is 24.3. The maximum atomic E-state index is 13.4. The second-order valence-electron chi connectivity index (χ2n) is 12.7. The molecule has 1 aromatic carbocycles. The van der Waals surface area contributed by atoms with E-state index in [0.29, 0.717) is 23.2 Å². The molecule has 2 saturated heterocycles. The zero-order chi connectivity index (χ0) is 30.4. The number of fused-ring (bicyclic) bond motifs is 1. The molecule has 12 heteroatoms. The first-order chi connectivity index (χ1) is 19.7. The van der Waals surface area contributed by atoms with Crippen molar-refractivity contribution in [2.24, 2.45) is 0 Å². The smallest absolute Gasteiger partial charge is 0.412 e. The summed E-state index contributed by atoms with van der Waals surface area (Å²) in [6.07, 6.45) is -0.271. The number of aromatic nitrogens is 3. The van der Waals surface area contributed by atoms with Gasteiger partial charge in [-0.15, -0.1) is 0 Å². The van der Waals surface area contributed by atoms with E-state index in [-0.39, 0.29) is 19.2 Å². The van der Waals surface area contributed by atoms with Crippen molar-refractivity contribution in [3.05, 3.63) is 54.0 Å². The quantitative estimate of drug-likeness (QED) is 0.417. The van der Waals surface area contributed by atoms with Crippen molar-refractivity contribution < 1.29 is 33.6 Å². The Morgan fingerprint density at radius 3 is 2.57 bits per heavy atom. The van der Waals surface area contributed by atoms with Gasteiger partial charge in [0.25, 0.3) is 0 Å². The van der Waals surface area contributed by atoms with Crippen LogP contribution in [-0.4, -0.2) is 72.6 Å². The highest BCUT2D eigenvalue weighted by molar-refractivity contribution is 5.88. The van der Waals surface area contributed by atoms with Crippen LogP contribution < -0.4 is 5.73 Å². The molecule has 42 heavy (non-hydrogen) atoms. The van der Waals surface area contributed by atoms with Gasteiger partial charge in [0.05, 0.1) is 24.8 Å². The Labute approximate surface area is 245 Å². The third-order valence-corrected chi connectivity index (χ3v) is 7.33. The average molecular weight is 584 g/mol. The molecule has 5 rings (SSSR count). The Kier molecular flexibility index (Phi) is 7.96. The lowest BCUT2D eigenvalue weighted by atomic mass is 9.96. The summed E-state index contributed by atoms with van der Waals surface area (Å²) < 4.78 is 32.1. The summed E-state index contributed by atoms with van der Waals surface area (Å²) in [6.45, 7) is 13.3. The molecule has 2 aliphatic heterocycles. The number of ether oxygens (including phenoxy) is 5. The van der Waals surface area contributed by atoms with Crippen LogP contribution in [0.15, 0.2) is 42.9 Å². The first-order valence-corrected chi connectivity index (χ1v) is 14.1. The number of anilines is 1. The first kappa shape index (κ1) is 30.2. The average Bonchev–Trinajstić information content (AvgIpc) is 3.54. The number of nitrogen functional groups attached to an aromatic ring is 1. The SMILES string of the molecule is CC(C)(C)OC(=O)N1[C@@H]([C@H]2OC(C)(C)O[C@H]2C(O)c2cn(COCc3ccccc3)c3c(N)ncnc23)COC1(C)C. The summed E-state index contributed by atoms with van der Waals surface area (Å²) in [5, 5.41) is 11.9. The van der Waals surface area contributed by atoms with E-state index in [1.54, 1.807) is 38.5 Å². The number of nitrogens with two attached hydrogens (primary N) is 1. The lowest BCUT2D eigenvalue weighted by Gasteiger charge is -2.37. The van der Waals surface area contributed by atoms with Crippen LogP contribution in [0.2, 0.25) is 0 Å². The molecule has 228 valence electrons. The number of hydrogen-bond acceptors (Lipinski definition) is 10. The predicted octanol–water partition coefficient (Wildman–Crippen LogP) is 4.11. The van der Waals surface area contributed by atoms with E-state index in [4.69, 9.17) is 29.4 Å². The minimum Gasteiger partial charge on any atom is -0.444 e. The number of carbonyl (C=O) groups excluding carboxylic acids is 1. The minimum atomic E-state index is -1.20. The Bertz CT molecular complexity index is 1420. The van der Waals surface area contributed by atoms with Gasteiger partial charge in [0.15, 0.2) is 11.6 Å². The second kappa shape index (κ2) is 11.1. The molecule has 2 fully saturated rings. The summed E-state index contributed by atoms with van der Waals surface area (Å²) in [5.41, 5.74) is 7.09. The van der Waals surface area contributed by atoms with Crippen LogP contribution in [0.4, 0.5) is 10.6 Å². The van der Waals surface area contributed by atoms with Crippen LogP contribution in [0, 0.1) is 0 Å². The molecule has 0 radical (unpaired) electrons. The molecule has 0 saturated carbocycles. The monoisotopic (exact) mass is 583 g/mol. The van der Waals surface area contributed by atoms with Crippen molar-refractivity contribution in [1.82, 2.24) is 19.4 Å². The Hall–Kier alpha value is -3.29. The van der Waals surface area contributed by atoms with Crippen molar-refractivity contribution in [1.29, 1.82) is 0 Å². The van der Waals surface area contributed by atoms with E-state index in [0.717, 1.165) is 5.56 Å². The zero-order valence-corrected chi connectivity index (χ0v) is 25.2. The van der Waals surface area contributed by atoms with Crippen LogP contribution in [0.1, 0.15) is 65.7 Å². The number of carbonyl (C=O) groups is 1. The molecule has 12 nitrogen and oxygen atoms in total. The lowest BCUT2D eigenvalue weighted by Crippen LogP contribution is -2.55. The number of amides is 1. The topological polar surface area (TPSA) is 143 Å². The van der Waals surface area contributed by atoms with E-state index in [1.165, 1.54) is 11.2 Å². The molecule has 4 atom stereocenters. The molecule has 3 aromatic rings. The van der Waals surface area contributed by atoms with Gasteiger partial charge in [-0.3, -0.25) is 4.90 Å². The van der Waals surface area contributed by atoms with Crippen molar-refractivity contribution in [2.75, 3.05) is 12.3 Å². The number of benzene rings is 1. The van der Waals surface area contributed by atoms with E-state index >= 15 is 0 Å². The number of aliphatic hydroxyl groups is 1. The summed E-state index contributed by atoms with van der Waals surface area (Å²) in [4.78, 5) is 23.5. The van der Waals surface area contributed by atoms with Gasteiger partial charge in [0, 0.05) is 11.8 Å². The largest absolute Gasteiger partial charge is 0.444 e. The minimum absolute atomic E-state index is 0.156. The van der Waals surface area contributed by atoms with Crippen LogP contribution in [0.25, 0.3) is 11.0 Å². The molecular formula is C30H41N5O7. The van der Waals surface area contributed by atoms with Crippen molar-refractivity contribution in [3.8, 4) is 0 Å². The van der Waals surface area contributed by atoms with Gasteiger partial charge in [0.1, 0.15) is 48.2 Å². The van der Waals surface area contributed by atoms with Crippen LogP contribution in [-0.2, 0) is 37.0 Å². The Balaban J connectivity index is 1.45. The molecule has 0 spiro atoms. The number of nitrogens with zero attached hydrogens (tertiary/aromatic N) is 4. The fraction of sp³-hybridized carbons (Fsp3) is 0.567. The highest BCUT2D eigenvalue weighted by Crippen LogP contribution is 2.43. The molecule has 0 aliphatic carbocycles. The molecule has 2 aliphatic rings. The molecular weight excluding hydrogens is 542 g/mol. The molecule has 0 bridgehead atoms. The van der Waals surface area contributed by atoms with Crippen LogP contribution >= 0.6 is 0 Å². The van der Waals surface area contributed by atoms with Gasteiger partial charge in [-0.1, -0.05) is 30.3 Å². The number of aliphatic hydroxyl groups excluding tert-OH is 1. The fourth-order valence-corrected chi connectivity index (χ4v) is 5.61. The molecule has 1 unspecified atom stereocenters. The van der Waals surface area contributed by atoms with Gasteiger partial charge < -0.3 is 39.1 Å². The standard InChI is InChI=1S/C30H41N5O7/c1-28(2,3)42-27(37)35-20(15-39-29(35,4)5)24-25(41-30(6,7)40-24)23(36)19-13-34(22-21(19)32-16-33-26(22)31)17-38-14-18-11-9-8-10-12-18/h8-13,16,20,23-25,36H,14-15,17H2,1-7H3,(H2,31,32,33)/t20-,23?,24-,25+/m1/s1. The first-order valence-electron chi connectivity index (χ1n) is 14.1. The maximum absolute atomic E-state index is 13.4. The third-order valence-electron chi connectivity index (χ3n) is 7.33. The fourth-order valence-electron chi connectivity index (χ4n) is 5.61. The zero-order valence-electron chi connectivity index (χ0n) is 25.2. The molecule has 2 aromatic heterocycles. The molecule has 3 N–H and O–H groups in total. The van der Waals surface area contributed by atoms with E-state index in [2.05, 4.69) is 9.97 Å². The molecule has 4 heterocycles. The molecule has 1 amide bonds. The van der Waals surface area contributed by atoms with Gasteiger partial charge in [-0.05, 0) is 54.0 Å². The maximum Gasteiger partial charge on any atom is 0.412 e. The second-order valence-corrected chi connectivity index (χ2v) is 12.7. The number of hydrogen-bond donors (Lipinski definition) is 2. The number of rotatable bonds is 7. The predicted molar refractivity (Wildman–Crippen MR) is 154 cm³/mol.